The third-order valence-corrected chi connectivity index (χ3v) is 4.19. The molecule has 0 spiro atoms. The Kier molecular flexibility index (Phi) is 5.26. The van der Waals surface area contributed by atoms with Crippen molar-refractivity contribution in [2.24, 2.45) is 12.0 Å². The zero-order valence-electron chi connectivity index (χ0n) is 12.8. The first-order valence-corrected chi connectivity index (χ1v) is 7.65. The second kappa shape index (κ2) is 7.16. The fraction of sp³-hybridized carbons (Fsp3) is 0.538. The molecule has 114 valence electrons. The van der Waals surface area contributed by atoms with Crippen LogP contribution in [-0.2, 0) is 20.1 Å². The van der Waals surface area contributed by atoms with Crippen LogP contribution >= 0.6 is 11.3 Å². The molecule has 0 saturated heterocycles. The topological polar surface area (TPSA) is 80.0 Å². The second-order valence-electron chi connectivity index (χ2n) is 4.91. The quantitative estimate of drug-likeness (QED) is 0.642. The molecular formula is C13H21N7S. The monoisotopic (exact) mass is 307 g/mol. The van der Waals surface area contributed by atoms with Gasteiger partial charge in [0.1, 0.15) is 10.0 Å². The van der Waals surface area contributed by atoms with Gasteiger partial charge in [0.05, 0.1) is 18.8 Å². The predicted octanol–water partition coefficient (Wildman–Crippen LogP) is 1.26. The van der Waals surface area contributed by atoms with Gasteiger partial charge in [-0.1, -0.05) is 25.2 Å². The van der Waals surface area contributed by atoms with Crippen LogP contribution in [0.3, 0.4) is 0 Å². The first kappa shape index (κ1) is 15.4. The second-order valence-corrected chi connectivity index (χ2v) is 6.01. The standard InChI is InChI=1S/C13H21N7S/c1-9(2)12-19-18-11(21-12)8-16-13(14-3)15-7-10-5-6-17-20(10)4/h5-6,9H,7-8H2,1-4H3,(H2,14,15,16). The van der Waals surface area contributed by atoms with Crippen molar-refractivity contribution >= 4 is 17.3 Å². The Morgan fingerprint density at radius 1 is 1.33 bits per heavy atom. The number of hydrogen-bond donors (Lipinski definition) is 2. The van der Waals surface area contributed by atoms with Gasteiger partial charge in [0.25, 0.3) is 0 Å². The molecule has 2 rings (SSSR count). The van der Waals surface area contributed by atoms with Crippen molar-refractivity contribution in [2.75, 3.05) is 7.05 Å². The van der Waals surface area contributed by atoms with E-state index in [2.05, 4.69) is 44.8 Å². The van der Waals surface area contributed by atoms with Gasteiger partial charge in [-0.25, -0.2) is 0 Å². The molecule has 2 heterocycles. The third kappa shape index (κ3) is 4.25. The summed E-state index contributed by atoms with van der Waals surface area (Å²) in [5, 5.41) is 21.0. The third-order valence-electron chi connectivity index (χ3n) is 2.97. The highest BCUT2D eigenvalue weighted by molar-refractivity contribution is 7.11. The molecule has 0 atom stereocenters. The number of aliphatic imine (C=N–C) groups is 1. The number of hydrogen-bond acceptors (Lipinski definition) is 5. The highest BCUT2D eigenvalue weighted by Gasteiger charge is 2.08. The summed E-state index contributed by atoms with van der Waals surface area (Å²) in [5.41, 5.74) is 1.09. The summed E-state index contributed by atoms with van der Waals surface area (Å²) in [4.78, 5) is 4.20. The molecular weight excluding hydrogens is 286 g/mol. The van der Waals surface area contributed by atoms with Gasteiger partial charge in [0, 0.05) is 26.2 Å². The summed E-state index contributed by atoms with van der Waals surface area (Å²) < 4.78 is 1.83. The molecule has 0 radical (unpaired) electrons. The van der Waals surface area contributed by atoms with E-state index in [-0.39, 0.29) is 0 Å². The zero-order chi connectivity index (χ0) is 15.2. The maximum Gasteiger partial charge on any atom is 0.191 e. The molecule has 0 fully saturated rings. The van der Waals surface area contributed by atoms with Crippen molar-refractivity contribution in [1.29, 1.82) is 0 Å². The first-order valence-electron chi connectivity index (χ1n) is 6.83. The van der Waals surface area contributed by atoms with Crippen molar-refractivity contribution in [2.45, 2.75) is 32.9 Å². The highest BCUT2D eigenvalue weighted by atomic mass is 32.1. The van der Waals surface area contributed by atoms with Crippen LogP contribution in [0.5, 0.6) is 0 Å². The minimum atomic E-state index is 0.415. The fourth-order valence-electron chi connectivity index (χ4n) is 1.70. The largest absolute Gasteiger partial charge is 0.351 e. The van der Waals surface area contributed by atoms with Crippen LogP contribution in [0, 0.1) is 0 Å². The summed E-state index contributed by atoms with van der Waals surface area (Å²) in [7, 11) is 3.67. The molecule has 2 aromatic rings. The number of rotatable bonds is 5. The van der Waals surface area contributed by atoms with Crippen molar-refractivity contribution in [1.82, 2.24) is 30.6 Å². The van der Waals surface area contributed by atoms with Crippen LogP contribution in [0.1, 0.15) is 35.5 Å². The van der Waals surface area contributed by atoms with E-state index in [1.165, 1.54) is 0 Å². The average molecular weight is 307 g/mol. The number of guanidine groups is 1. The molecule has 0 bridgehead atoms. The van der Waals surface area contributed by atoms with E-state index < -0.39 is 0 Å². The number of aromatic nitrogens is 4. The number of aryl methyl sites for hydroxylation is 1. The molecule has 0 aliphatic carbocycles. The van der Waals surface area contributed by atoms with Crippen molar-refractivity contribution in [3.63, 3.8) is 0 Å². The van der Waals surface area contributed by atoms with Crippen molar-refractivity contribution in [3.05, 3.63) is 28.0 Å². The lowest BCUT2D eigenvalue weighted by Gasteiger charge is -2.10. The minimum Gasteiger partial charge on any atom is -0.351 e. The van der Waals surface area contributed by atoms with E-state index in [0.29, 0.717) is 19.0 Å². The summed E-state index contributed by atoms with van der Waals surface area (Å²) in [6.07, 6.45) is 1.78. The smallest absolute Gasteiger partial charge is 0.191 e. The van der Waals surface area contributed by atoms with Gasteiger partial charge in [-0.15, -0.1) is 10.2 Å². The number of nitrogens with zero attached hydrogens (tertiary/aromatic N) is 5. The Balaban J connectivity index is 1.83. The summed E-state index contributed by atoms with van der Waals surface area (Å²) in [6, 6.07) is 1.97. The van der Waals surface area contributed by atoms with Crippen LogP contribution in [0.2, 0.25) is 0 Å². The predicted molar refractivity (Wildman–Crippen MR) is 84.2 cm³/mol. The summed E-state index contributed by atoms with van der Waals surface area (Å²) in [5.74, 6) is 1.15. The van der Waals surface area contributed by atoms with Crippen molar-refractivity contribution in [3.8, 4) is 0 Å². The van der Waals surface area contributed by atoms with Crippen LogP contribution in [0.4, 0.5) is 0 Å². The molecule has 21 heavy (non-hydrogen) atoms. The van der Waals surface area contributed by atoms with Crippen LogP contribution in [0.25, 0.3) is 0 Å². The molecule has 0 aliphatic rings. The number of nitrogens with one attached hydrogen (secondary N) is 2. The average Bonchev–Trinajstić information content (AvgIpc) is 3.08. The lowest BCUT2D eigenvalue weighted by molar-refractivity contribution is 0.683. The van der Waals surface area contributed by atoms with Gasteiger partial charge >= 0.3 is 0 Å². The Hall–Kier alpha value is -1.96. The van der Waals surface area contributed by atoms with E-state index in [1.54, 1.807) is 24.6 Å². The molecule has 0 aliphatic heterocycles. The van der Waals surface area contributed by atoms with Crippen molar-refractivity contribution < 1.29 is 0 Å². The maximum atomic E-state index is 4.20. The fourth-order valence-corrected chi connectivity index (χ4v) is 2.49. The Morgan fingerprint density at radius 2 is 2.10 bits per heavy atom. The molecule has 0 saturated carbocycles. The van der Waals surface area contributed by atoms with E-state index in [1.807, 2.05) is 17.8 Å². The lowest BCUT2D eigenvalue weighted by atomic mass is 10.2. The van der Waals surface area contributed by atoms with Gasteiger partial charge in [-0.2, -0.15) is 5.10 Å². The summed E-state index contributed by atoms with van der Waals surface area (Å²) in [6.45, 7) is 5.52. The van der Waals surface area contributed by atoms with Crippen LogP contribution in [-0.4, -0.2) is 33.0 Å². The molecule has 0 aromatic carbocycles. The lowest BCUT2D eigenvalue weighted by Crippen LogP contribution is -2.36. The van der Waals surface area contributed by atoms with Crippen LogP contribution in [0.15, 0.2) is 17.3 Å². The van der Waals surface area contributed by atoms with E-state index >= 15 is 0 Å². The Bertz CT molecular complexity index is 599. The molecule has 0 amide bonds. The summed E-state index contributed by atoms with van der Waals surface area (Å²) >= 11 is 1.63. The van der Waals surface area contributed by atoms with Gasteiger partial charge in [0.15, 0.2) is 5.96 Å². The van der Waals surface area contributed by atoms with Gasteiger partial charge in [0.2, 0.25) is 0 Å². The van der Waals surface area contributed by atoms with E-state index in [0.717, 1.165) is 21.7 Å². The molecule has 8 heteroatoms. The Morgan fingerprint density at radius 3 is 2.67 bits per heavy atom. The normalized spacial score (nSPS) is 12.0. The molecule has 7 nitrogen and oxygen atoms in total. The van der Waals surface area contributed by atoms with Gasteiger partial charge in [-0.3, -0.25) is 9.67 Å². The highest BCUT2D eigenvalue weighted by Crippen LogP contribution is 2.18. The Labute approximate surface area is 128 Å². The SMILES string of the molecule is CN=C(NCc1nnc(C(C)C)s1)NCc1ccnn1C. The van der Waals surface area contributed by atoms with E-state index in [4.69, 9.17) is 0 Å². The molecule has 0 unspecified atom stereocenters. The maximum absolute atomic E-state index is 4.20. The molecule has 2 N–H and O–H groups in total. The zero-order valence-corrected chi connectivity index (χ0v) is 13.6. The van der Waals surface area contributed by atoms with Crippen LogP contribution < -0.4 is 10.6 Å². The van der Waals surface area contributed by atoms with E-state index in [9.17, 15) is 0 Å². The van der Waals surface area contributed by atoms with Gasteiger partial charge < -0.3 is 10.6 Å². The van der Waals surface area contributed by atoms with Gasteiger partial charge in [-0.05, 0) is 6.07 Å². The minimum absolute atomic E-state index is 0.415. The molecule has 2 aromatic heterocycles. The first-order chi connectivity index (χ1) is 10.1.